The number of nitriles is 1. The van der Waals surface area contributed by atoms with E-state index >= 15 is 0 Å². The van der Waals surface area contributed by atoms with Gasteiger partial charge in [-0.05, 0) is 74.0 Å². The molecular weight excluding hydrogens is 443 g/mol. The number of nitrogens with zero attached hydrogens (tertiary/aromatic N) is 3. The summed E-state index contributed by atoms with van der Waals surface area (Å²) < 4.78 is 46.4. The van der Waals surface area contributed by atoms with Gasteiger partial charge in [-0.1, -0.05) is 0 Å². The molecule has 4 aliphatic rings. The minimum atomic E-state index is -4.56. The number of anilines is 1. The van der Waals surface area contributed by atoms with Gasteiger partial charge < -0.3 is 14.5 Å². The number of hydrogen-bond acceptors (Lipinski definition) is 4. The van der Waals surface area contributed by atoms with Crippen molar-refractivity contribution in [2.45, 2.75) is 51.1 Å². The predicted octanol–water partition coefficient (Wildman–Crippen LogP) is 4.85. The van der Waals surface area contributed by atoms with Crippen molar-refractivity contribution in [2.75, 3.05) is 44.3 Å². The van der Waals surface area contributed by atoms with E-state index in [4.69, 9.17) is 10.00 Å². The minimum Gasteiger partial charge on any atom is -0.381 e. The molecule has 5 nitrogen and oxygen atoms in total. The fraction of sp³-hybridized carbons (Fsp3) is 0.692. The van der Waals surface area contributed by atoms with Crippen molar-refractivity contribution in [2.24, 2.45) is 23.2 Å². The molecule has 0 aromatic heterocycles. The summed E-state index contributed by atoms with van der Waals surface area (Å²) in [5.74, 6) is 1.75. The van der Waals surface area contributed by atoms with Crippen molar-refractivity contribution in [3.8, 4) is 6.07 Å². The molecule has 1 unspecified atom stereocenters. The van der Waals surface area contributed by atoms with Gasteiger partial charge >= 0.3 is 6.18 Å². The van der Waals surface area contributed by atoms with Crippen LogP contribution < -0.4 is 4.90 Å². The minimum absolute atomic E-state index is 0.0429. The highest BCUT2D eigenvalue weighted by molar-refractivity contribution is 5.77. The number of amides is 1. The van der Waals surface area contributed by atoms with Crippen LogP contribution in [0.5, 0.6) is 0 Å². The smallest absolute Gasteiger partial charge is 0.381 e. The maximum absolute atomic E-state index is 13.4. The van der Waals surface area contributed by atoms with Crippen LogP contribution in [-0.2, 0) is 15.7 Å². The van der Waals surface area contributed by atoms with Gasteiger partial charge in [0.1, 0.15) is 0 Å². The lowest BCUT2D eigenvalue weighted by Gasteiger charge is -2.43. The summed E-state index contributed by atoms with van der Waals surface area (Å²) >= 11 is 0. The van der Waals surface area contributed by atoms with Crippen LogP contribution in [0.4, 0.5) is 18.9 Å². The molecule has 0 bridgehead atoms. The second kappa shape index (κ2) is 9.07. The highest BCUT2D eigenvalue weighted by Gasteiger charge is 2.49. The third-order valence-corrected chi connectivity index (χ3v) is 8.25. The molecule has 1 aromatic rings. The van der Waals surface area contributed by atoms with Crippen LogP contribution in [0.15, 0.2) is 18.2 Å². The molecule has 1 aromatic carbocycles. The summed E-state index contributed by atoms with van der Waals surface area (Å²) in [6, 6.07) is 5.64. The summed E-state index contributed by atoms with van der Waals surface area (Å²) in [5.41, 5.74) is -0.768. The number of likely N-dealkylation sites (tertiary alicyclic amines) is 1. The Bertz CT molecular complexity index is 957. The van der Waals surface area contributed by atoms with E-state index < -0.39 is 11.7 Å². The van der Waals surface area contributed by atoms with E-state index in [1.54, 1.807) is 12.1 Å². The van der Waals surface area contributed by atoms with Gasteiger partial charge in [-0.3, -0.25) is 4.79 Å². The number of halogens is 3. The van der Waals surface area contributed by atoms with Crippen LogP contribution in [0, 0.1) is 34.5 Å². The van der Waals surface area contributed by atoms with E-state index in [0.29, 0.717) is 43.6 Å². The van der Waals surface area contributed by atoms with Crippen molar-refractivity contribution in [1.82, 2.24) is 4.90 Å². The quantitative estimate of drug-likeness (QED) is 0.566. The molecule has 1 spiro atoms. The number of ether oxygens (including phenoxy) is 1. The maximum Gasteiger partial charge on any atom is 0.417 e. The van der Waals surface area contributed by atoms with E-state index in [-0.39, 0.29) is 22.8 Å². The highest BCUT2D eigenvalue weighted by Crippen LogP contribution is 2.47. The van der Waals surface area contributed by atoms with Crippen LogP contribution in [0.1, 0.15) is 56.1 Å². The molecule has 1 atom stereocenters. The van der Waals surface area contributed by atoms with Gasteiger partial charge in [-0.15, -0.1) is 0 Å². The standard InChI is InChI=1S/C26H32F3N3O2/c27-26(28,29)23-12-22(6-5-20(23)13-30)31-9-7-25(8-10-31)17-32(24(33)11-18-1-2-18)14-21(25)16-34-15-19-3-4-19/h5-6,12,18-19,21H,1-4,7-11,14-17H2. The summed E-state index contributed by atoms with van der Waals surface area (Å²) in [6.07, 6.45) is 2.50. The summed E-state index contributed by atoms with van der Waals surface area (Å²) in [6.45, 7) is 4.16. The molecule has 8 heteroatoms. The van der Waals surface area contributed by atoms with Crippen LogP contribution in [0.3, 0.4) is 0 Å². The second-order valence-corrected chi connectivity index (χ2v) is 10.8. The molecule has 0 N–H and O–H groups in total. The normalized spacial score (nSPS) is 24.5. The Kier molecular flexibility index (Phi) is 6.26. The van der Waals surface area contributed by atoms with Gasteiger partial charge in [0.2, 0.25) is 5.91 Å². The molecule has 4 fully saturated rings. The van der Waals surface area contributed by atoms with Crippen LogP contribution in [0.25, 0.3) is 0 Å². The fourth-order valence-electron chi connectivity index (χ4n) is 5.65. The van der Waals surface area contributed by atoms with Gasteiger partial charge in [0.25, 0.3) is 0 Å². The summed E-state index contributed by atoms with van der Waals surface area (Å²) in [5, 5.41) is 9.08. The number of carbonyl (C=O) groups is 1. The first kappa shape index (κ1) is 23.5. The third-order valence-electron chi connectivity index (χ3n) is 8.25. The zero-order chi connectivity index (χ0) is 23.9. The topological polar surface area (TPSA) is 56.6 Å². The zero-order valence-electron chi connectivity index (χ0n) is 19.4. The second-order valence-electron chi connectivity index (χ2n) is 10.8. The van der Waals surface area contributed by atoms with Gasteiger partial charge in [0, 0.05) is 50.8 Å². The molecule has 2 aliphatic carbocycles. The largest absolute Gasteiger partial charge is 0.417 e. The van der Waals surface area contributed by atoms with E-state index in [1.165, 1.54) is 18.9 Å². The number of alkyl halides is 3. The lowest BCUT2D eigenvalue weighted by atomic mass is 9.71. The highest BCUT2D eigenvalue weighted by atomic mass is 19.4. The van der Waals surface area contributed by atoms with Crippen molar-refractivity contribution in [1.29, 1.82) is 5.26 Å². The average Bonchev–Trinajstić information content (AvgIpc) is 3.74. The number of benzene rings is 1. The van der Waals surface area contributed by atoms with Gasteiger partial charge in [-0.2, -0.15) is 18.4 Å². The molecule has 0 radical (unpaired) electrons. The Hall–Kier alpha value is -2.27. The lowest BCUT2D eigenvalue weighted by molar-refractivity contribution is -0.137. The van der Waals surface area contributed by atoms with Crippen molar-refractivity contribution in [3.63, 3.8) is 0 Å². The summed E-state index contributed by atoms with van der Waals surface area (Å²) in [4.78, 5) is 16.9. The lowest BCUT2D eigenvalue weighted by Crippen LogP contribution is -2.45. The monoisotopic (exact) mass is 475 g/mol. The van der Waals surface area contributed by atoms with Crippen LogP contribution >= 0.6 is 0 Å². The van der Waals surface area contributed by atoms with E-state index in [2.05, 4.69) is 0 Å². The zero-order valence-corrected chi connectivity index (χ0v) is 19.4. The molecule has 1 amide bonds. The molecule has 5 rings (SSSR count). The summed E-state index contributed by atoms with van der Waals surface area (Å²) in [7, 11) is 0. The van der Waals surface area contributed by atoms with Crippen molar-refractivity contribution < 1.29 is 22.7 Å². The first-order valence-corrected chi connectivity index (χ1v) is 12.5. The Morgan fingerprint density at radius 1 is 1.12 bits per heavy atom. The van der Waals surface area contributed by atoms with Crippen LogP contribution in [0.2, 0.25) is 0 Å². The molecule has 2 aliphatic heterocycles. The van der Waals surface area contributed by atoms with Crippen molar-refractivity contribution >= 4 is 11.6 Å². The van der Waals surface area contributed by atoms with Crippen molar-refractivity contribution in [3.05, 3.63) is 29.3 Å². The predicted molar refractivity (Wildman–Crippen MR) is 121 cm³/mol. The first-order chi connectivity index (χ1) is 16.3. The van der Waals surface area contributed by atoms with Gasteiger partial charge in [0.05, 0.1) is 23.8 Å². The third kappa shape index (κ3) is 5.05. The number of hydrogen-bond donors (Lipinski definition) is 0. The Labute approximate surface area is 198 Å². The van der Waals surface area contributed by atoms with Crippen LogP contribution in [-0.4, -0.2) is 50.2 Å². The molecule has 2 saturated carbocycles. The Morgan fingerprint density at radius 2 is 1.82 bits per heavy atom. The Morgan fingerprint density at radius 3 is 2.44 bits per heavy atom. The molecule has 2 saturated heterocycles. The first-order valence-electron chi connectivity index (χ1n) is 12.5. The van der Waals surface area contributed by atoms with E-state index in [1.807, 2.05) is 9.80 Å². The fourth-order valence-corrected chi connectivity index (χ4v) is 5.65. The van der Waals surface area contributed by atoms with E-state index in [0.717, 1.165) is 51.4 Å². The van der Waals surface area contributed by atoms with Gasteiger partial charge in [0.15, 0.2) is 0 Å². The van der Waals surface area contributed by atoms with E-state index in [9.17, 15) is 18.0 Å². The maximum atomic E-state index is 13.4. The molecular formula is C26H32F3N3O2. The Balaban J connectivity index is 1.28. The number of rotatable bonds is 7. The molecule has 2 heterocycles. The molecule has 34 heavy (non-hydrogen) atoms. The van der Waals surface area contributed by atoms with Gasteiger partial charge in [-0.25, -0.2) is 0 Å². The number of piperidine rings is 1. The average molecular weight is 476 g/mol. The SMILES string of the molecule is N#Cc1ccc(N2CCC3(CC2)CN(C(=O)CC2CC2)CC3COCC2CC2)cc1C(F)(F)F. The number of carbonyl (C=O) groups excluding carboxylic acids is 1. The molecule has 184 valence electrons.